The fourth-order valence-corrected chi connectivity index (χ4v) is 4.85. The van der Waals surface area contributed by atoms with Crippen LogP contribution < -0.4 is 10.1 Å². The van der Waals surface area contributed by atoms with Crippen LogP contribution in [0, 0.1) is 0 Å². The number of amides is 1. The molecule has 0 radical (unpaired) electrons. The third kappa shape index (κ3) is 5.86. The van der Waals surface area contributed by atoms with Gasteiger partial charge in [0, 0.05) is 38.2 Å². The molecule has 1 aromatic carbocycles. The van der Waals surface area contributed by atoms with Gasteiger partial charge >= 0.3 is 0 Å². The number of fused-ring (bicyclic) bond motifs is 1. The van der Waals surface area contributed by atoms with Crippen LogP contribution in [0.1, 0.15) is 13.3 Å². The number of carbonyl (C=O) groups excluding carboxylic acids is 1. The van der Waals surface area contributed by atoms with Crippen LogP contribution in [-0.4, -0.2) is 56.7 Å². The van der Waals surface area contributed by atoms with Crippen LogP contribution in [0.2, 0.25) is 0 Å². The summed E-state index contributed by atoms with van der Waals surface area (Å²) < 4.78 is 13.7. The SMILES string of the molecule is CCOc1ccc2nc(NC(=O)CSc3nnc(-c4ccncc4)n3CCCOC)sc2c1. The predicted molar refractivity (Wildman–Crippen MR) is 130 cm³/mol. The Bertz CT molecular complexity index is 1210. The molecule has 11 heteroatoms. The molecule has 0 unspecified atom stereocenters. The molecule has 0 aliphatic carbocycles. The van der Waals surface area contributed by atoms with Gasteiger partial charge in [0.1, 0.15) is 5.75 Å². The number of aromatic nitrogens is 5. The summed E-state index contributed by atoms with van der Waals surface area (Å²) >= 11 is 2.76. The number of thiazole rings is 1. The van der Waals surface area contributed by atoms with Crippen molar-refractivity contribution in [2.75, 3.05) is 31.4 Å². The molecule has 33 heavy (non-hydrogen) atoms. The average Bonchev–Trinajstić information content (AvgIpc) is 3.41. The van der Waals surface area contributed by atoms with E-state index in [0.717, 1.165) is 33.8 Å². The number of rotatable bonds is 11. The number of anilines is 1. The average molecular weight is 485 g/mol. The lowest BCUT2D eigenvalue weighted by molar-refractivity contribution is -0.113. The highest BCUT2D eigenvalue weighted by atomic mass is 32.2. The van der Waals surface area contributed by atoms with Crippen molar-refractivity contribution in [2.24, 2.45) is 0 Å². The van der Waals surface area contributed by atoms with E-state index in [1.54, 1.807) is 19.5 Å². The lowest BCUT2D eigenvalue weighted by atomic mass is 10.2. The monoisotopic (exact) mass is 484 g/mol. The van der Waals surface area contributed by atoms with Gasteiger partial charge in [-0.3, -0.25) is 9.78 Å². The Balaban J connectivity index is 1.43. The molecule has 4 aromatic rings. The molecule has 0 fully saturated rings. The molecule has 0 bridgehead atoms. The smallest absolute Gasteiger partial charge is 0.236 e. The number of pyridine rings is 1. The van der Waals surface area contributed by atoms with Crippen LogP contribution in [0.5, 0.6) is 5.75 Å². The molecule has 0 spiro atoms. The zero-order valence-corrected chi connectivity index (χ0v) is 20.0. The van der Waals surface area contributed by atoms with Gasteiger partial charge in [-0.1, -0.05) is 23.1 Å². The second kappa shape index (κ2) is 11.2. The minimum Gasteiger partial charge on any atom is -0.494 e. The quantitative estimate of drug-likeness (QED) is 0.250. The van der Waals surface area contributed by atoms with Gasteiger partial charge in [-0.15, -0.1) is 10.2 Å². The van der Waals surface area contributed by atoms with Gasteiger partial charge in [-0.2, -0.15) is 0 Å². The van der Waals surface area contributed by atoms with E-state index in [0.29, 0.717) is 30.0 Å². The van der Waals surface area contributed by atoms with E-state index in [4.69, 9.17) is 9.47 Å². The number of methoxy groups -OCH3 is 1. The molecule has 1 N–H and O–H groups in total. The van der Waals surface area contributed by atoms with E-state index in [-0.39, 0.29) is 11.7 Å². The Labute approximate surface area is 199 Å². The summed E-state index contributed by atoms with van der Waals surface area (Å²) in [5.41, 5.74) is 1.75. The maximum atomic E-state index is 12.6. The minimum atomic E-state index is -0.152. The molecule has 172 valence electrons. The maximum Gasteiger partial charge on any atom is 0.236 e. The minimum absolute atomic E-state index is 0.152. The van der Waals surface area contributed by atoms with Crippen molar-refractivity contribution in [1.82, 2.24) is 24.7 Å². The lowest BCUT2D eigenvalue weighted by Gasteiger charge is -2.10. The molecule has 1 amide bonds. The Hall–Kier alpha value is -3.02. The fourth-order valence-electron chi connectivity index (χ4n) is 3.18. The summed E-state index contributed by atoms with van der Waals surface area (Å²) in [6.45, 7) is 3.85. The molecule has 0 saturated heterocycles. The topological polar surface area (TPSA) is 104 Å². The number of hydrogen-bond donors (Lipinski definition) is 1. The fraction of sp³-hybridized carbons (Fsp3) is 0.318. The highest BCUT2D eigenvalue weighted by Gasteiger charge is 2.16. The highest BCUT2D eigenvalue weighted by Crippen LogP contribution is 2.30. The predicted octanol–water partition coefficient (Wildman–Crippen LogP) is 4.12. The molecular formula is C22H24N6O3S2. The molecule has 0 saturated carbocycles. The van der Waals surface area contributed by atoms with Crippen molar-refractivity contribution < 1.29 is 14.3 Å². The highest BCUT2D eigenvalue weighted by molar-refractivity contribution is 7.99. The van der Waals surface area contributed by atoms with Crippen LogP contribution in [-0.2, 0) is 16.1 Å². The van der Waals surface area contributed by atoms with Crippen molar-refractivity contribution in [3.63, 3.8) is 0 Å². The van der Waals surface area contributed by atoms with Crippen molar-refractivity contribution in [3.8, 4) is 17.1 Å². The Kier molecular flexibility index (Phi) is 7.87. The Morgan fingerprint density at radius 2 is 2.06 bits per heavy atom. The van der Waals surface area contributed by atoms with E-state index < -0.39 is 0 Å². The number of nitrogens with zero attached hydrogens (tertiary/aromatic N) is 5. The number of thioether (sulfide) groups is 1. The van der Waals surface area contributed by atoms with Crippen LogP contribution >= 0.6 is 23.1 Å². The van der Waals surface area contributed by atoms with Crippen molar-refractivity contribution >= 4 is 44.4 Å². The normalized spacial score (nSPS) is 11.1. The summed E-state index contributed by atoms with van der Waals surface area (Å²) in [4.78, 5) is 21.2. The van der Waals surface area contributed by atoms with E-state index in [1.165, 1.54) is 23.1 Å². The van der Waals surface area contributed by atoms with E-state index >= 15 is 0 Å². The first-order valence-corrected chi connectivity index (χ1v) is 12.3. The third-order valence-electron chi connectivity index (χ3n) is 4.64. The zero-order valence-electron chi connectivity index (χ0n) is 18.4. The summed E-state index contributed by atoms with van der Waals surface area (Å²) in [6, 6.07) is 9.49. The van der Waals surface area contributed by atoms with Gasteiger partial charge in [-0.25, -0.2) is 4.98 Å². The molecule has 0 aliphatic heterocycles. The van der Waals surface area contributed by atoms with Gasteiger partial charge < -0.3 is 19.4 Å². The lowest BCUT2D eigenvalue weighted by Crippen LogP contribution is -2.14. The van der Waals surface area contributed by atoms with Crippen LogP contribution in [0.15, 0.2) is 47.9 Å². The van der Waals surface area contributed by atoms with Gasteiger partial charge in [0.2, 0.25) is 5.91 Å². The first-order chi connectivity index (χ1) is 16.2. The Morgan fingerprint density at radius 3 is 2.85 bits per heavy atom. The van der Waals surface area contributed by atoms with Crippen molar-refractivity contribution in [3.05, 3.63) is 42.7 Å². The van der Waals surface area contributed by atoms with Crippen LogP contribution in [0.25, 0.3) is 21.6 Å². The summed E-state index contributed by atoms with van der Waals surface area (Å²) in [5.74, 6) is 1.58. The first kappa shape index (κ1) is 23.1. The maximum absolute atomic E-state index is 12.6. The standard InChI is InChI=1S/C22H24N6O3S2/c1-3-31-16-5-6-17-18(13-16)33-21(24-17)25-19(29)14-32-22-27-26-20(15-7-9-23-10-8-15)28(22)11-4-12-30-2/h5-10,13H,3-4,11-12,14H2,1-2H3,(H,24,25,29). The van der Waals surface area contributed by atoms with Crippen LogP contribution in [0.4, 0.5) is 5.13 Å². The largest absolute Gasteiger partial charge is 0.494 e. The number of carbonyl (C=O) groups is 1. The number of nitrogens with one attached hydrogen (secondary N) is 1. The molecule has 3 heterocycles. The molecule has 4 rings (SSSR count). The summed E-state index contributed by atoms with van der Waals surface area (Å²) in [7, 11) is 1.68. The molecule has 0 atom stereocenters. The molecule has 0 aliphatic rings. The number of benzene rings is 1. The second-order valence-corrected chi connectivity index (χ2v) is 8.93. The summed E-state index contributed by atoms with van der Waals surface area (Å²) in [5, 5.41) is 12.8. The number of hydrogen-bond acceptors (Lipinski definition) is 9. The van der Waals surface area contributed by atoms with Gasteiger partial charge in [0.15, 0.2) is 16.1 Å². The molecule has 9 nitrogen and oxygen atoms in total. The summed E-state index contributed by atoms with van der Waals surface area (Å²) in [6.07, 6.45) is 4.25. The van der Waals surface area contributed by atoms with Crippen molar-refractivity contribution in [2.45, 2.75) is 25.0 Å². The second-order valence-electron chi connectivity index (χ2n) is 6.96. The zero-order chi connectivity index (χ0) is 23.0. The molecular weight excluding hydrogens is 460 g/mol. The Morgan fingerprint density at radius 1 is 1.21 bits per heavy atom. The van der Waals surface area contributed by atoms with Crippen LogP contribution in [0.3, 0.4) is 0 Å². The van der Waals surface area contributed by atoms with Crippen molar-refractivity contribution in [1.29, 1.82) is 0 Å². The first-order valence-electron chi connectivity index (χ1n) is 10.5. The van der Waals surface area contributed by atoms with Gasteiger partial charge in [-0.05, 0) is 43.7 Å². The van der Waals surface area contributed by atoms with Gasteiger partial charge in [0.05, 0.1) is 22.6 Å². The third-order valence-corrected chi connectivity index (χ3v) is 6.54. The van der Waals surface area contributed by atoms with E-state index in [1.807, 2.05) is 41.8 Å². The molecule has 3 aromatic heterocycles. The van der Waals surface area contributed by atoms with Gasteiger partial charge in [0.25, 0.3) is 0 Å². The number of ether oxygens (including phenoxy) is 2. The van der Waals surface area contributed by atoms with E-state index in [9.17, 15) is 4.79 Å². The van der Waals surface area contributed by atoms with E-state index in [2.05, 4.69) is 25.5 Å².